The number of halogens is 1. The number of nitrogens with one attached hydrogen (secondary N) is 1. The SMILES string of the molecule is NCC1CCC(C(=O)NCc2cccc(Cl)c2)CC1. The largest absolute Gasteiger partial charge is 0.352 e. The van der Waals surface area contributed by atoms with Crippen LogP contribution in [0.5, 0.6) is 0 Å². The fourth-order valence-corrected chi connectivity index (χ4v) is 2.85. The number of rotatable bonds is 4. The highest BCUT2D eigenvalue weighted by Crippen LogP contribution is 2.28. The fraction of sp³-hybridized carbons (Fsp3) is 0.533. The van der Waals surface area contributed by atoms with Crippen molar-refractivity contribution in [2.45, 2.75) is 32.2 Å². The first-order valence-electron chi connectivity index (χ1n) is 6.91. The fourth-order valence-electron chi connectivity index (χ4n) is 2.64. The average Bonchev–Trinajstić information content (AvgIpc) is 2.45. The average molecular weight is 281 g/mol. The molecule has 1 aromatic rings. The van der Waals surface area contributed by atoms with Crippen molar-refractivity contribution in [3.05, 3.63) is 34.9 Å². The van der Waals surface area contributed by atoms with E-state index in [2.05, 4.69) is 5.32 Å². The second-order valence-electron chi connectivity index (χ2n) is 5.30. The van der Waals surface area contributed by atoms with E-state index < -0.39 is 0 Å². The van der Waals surface area contributed by atoms with Gasteiger partial charge in [0.1, 0.15) is 0 Å². The number of hydrogen-bond donors (Lipinski definition) is 2. The van der Waals surface area contributed by atoms with Crippen LogP contribution in [0.4, 0.5) is 0 Å². The summed E-state index contributed by atoms with van der Waals surface area (Å²) in [7, 11) is 0. The molecule has 0 heterocycles. The van der Waals surface area contributed by atoms with Crippen LogP contribution in [-0.4, -0.2) is 12.5 Å². The highest BCUT2D eigenvalue weighted by Gasteiger charge is 2.25. The molecule has 1 aliphatic carbocycles. The third-order valence-electron chi connectivity index (χ3n) is 3.91. The van der Waals surface area contributed by atoms with Crippen LogP contribution in [0.1, 0.15) is 31.2 Å². The molecular weight excluding hydrogens is 260 g/mol. The molecule has 1 saturated carbocycles. The van der Waals surface area contributed by atoms with E-state index in [1.165, 1.54) is 0 Å². The van der Waals surface area contributed by atoms with Gasteiger partial charge < -0.3 is 11.1 Å². The Kier molecular flexibility index (Phi) is 5.23. The monoisotopic (exact) mass is 280 g/mol. The van der Waals surface area contributed by atoms with Crippen molar-refractivity contribution in [3.63, 3.8) is 0 Å². The lowest BCUT2D eigenvalue weighted by Gasteiger charge is -2.26. The first-order chi connectivity index (χ1) is 9.19. The zero-order valence-electron chi connectivity index (χ0n) is 11.1. The minimum Gasteiger partial charge on any atom is -0.352 e. The number of carbonyl (C=O) groups is 1. The van der Waals surface area contributed by atoms with Crippen LogP contribution in [-0.2, 0) is 11.3 Å². The predicted molar refractivity (Wildman–Crippen MR) is 77.8 cm³/mol. The molecule has 3 N–H and O–H groups in total. The van der Waals surface area contributed by atoms with Gasteiger partial charge in [-0.05, 0) is 55.8 Å². The summed E-state index contributed by atoms with van der Waals surface area (Å²) in [6.07, 6.45) is 4.07. The summed E-state index contributed by atoms with van der Waals surface area (Å²) in [5.41, 5.74) is 6.70. The van der Waals surface area contributed by atoms with Gasteiger partial charge in [-0.3, -0.25) is 4.79 Å². The summed E-state index contributed by atoms with van der Waals surface area (Å²) >= 11 is 5.92. The maximum Gasteiger partial charge on any atom is 0.223 e. The second-order valence-corrected chi connectivity index (χ2v) is 5.74. The van der Waals surface area contributed by atoms with Gasteiger partial charge in [0.15, 0.2) is 0 Å². The van der Waals surface area contributed by atoms with Crippen molar-refractivity contribution in [2.75, 3.05) is 6.54 Å². The quantitative estimate of drug-likeness (QED) is 0.891. The Morgan fingerprint density at radius 1 is 1.32 bits per heavy atom. The van der Waals surface area contributed by atoms with Crippen molar-refractivity contribution in [1.29, 1.82) is 0 Å². The third-order valence-corrected chi connectivity index (χ3v) is 4.14. The molecule has 2 rings (SSSR count). The first kappa shape index (κ1) is 14.4. The molecule has 0 atom stereocenters. The zero-order chi connectivity index (χ0) is 13.7. The summed E-state index contributed by atoms with van der Waals surface area (Å²) in [5, 5.41) is 3.70. The Bertz CT molecular complexity index is 428. The Balaban J connectivity index is 1.79. The lowest BCUT2D eigenvalue weighted by molar-refractivity contribution is -0.126. The molecule has 0 bridgehead atoms. The van der Waals surface area contributed by atoms with Gasteiger partial charge in [-0.25, -0.2) is 0 Å². The second kappa shape index (κ2) is 6.92. The molecular formula is C15H21ClN2O. The molecule has 104 valence electrons. The maximum absolute atomic E-state index is 12.1. The van der Waals surface area contributed by atoms with E-state index in [4.69, 9.17) is 17.3 Å². The van der Waals surface area contributed by atoms with E-state index >= 15 is 0 Å². The topological polar surface area (TPSA) is 55.1 Å². The summed E-state index contributed by atoms with van der Waals surface area (Å²) < 4.78 is 0. The van der Waals surface area contributed by atoms with E-state index in [1.54, 1.807) is 0 Å². The summed E-state index contributed by atoms with van der Waals surface area (Å²) in [6.45, 7) is 1.30. The van der Waals surface area contributed by atoms with Crippen molar-refractivity contribution in [1.82, 2.24) is 5.32 Å². The lowest BCUT2D eigenvalue weighted by Crippen LogP contribution is -2.33. The van der Waals surface area contributed by atoms with Gasteiger partial charge in [-0.1, -0.05) is 23.7 Å². The molecule has 0 spiro atoms. The van der Waals surface area contributed by atoms with Crippen LogP contribution in [0.2, 0.25) is 5.02 Å². The number of nitrogens with two attached hydrogens (primary N) is 1. The molecule has 0 radical (unpaired) electrons. The predicted octanol–water partition coefficient (Wildman–Crippen LogP) is 2.72. The number of hydrogen-bond acceptors (Lipinski definition) is 2. The molecule has 4 heteroatoms. The number of carbonyl (C=O) groups excluding carboxylic acids is 1. The van der Waals surface area contributed by atoms with Gasteiger partial charge >= 0.3 is 0 Å². The van der Waals surface area contributed by atoms with Gasteiger partial charge in [0, 0.05) is 17.5 Å². The van der Waals surface area contributed by atoms with Crippen molar-refractivity contribution in [2.24, 2.45) is 17.6 Å². The summed E-state index contributed by atoms with van der Waals surface area (Å²) in [5.74, 6) is 0.925. The standard InChI is InChI=1S/C15H21ClN2O/c16-14-3-1-2-12(8-14)10-18-15(19)13-6-4-11(9-17)5-7-13/h1-3,8,11,13H,4-7,9-10,17H2,(H,18,19). The molecule has 1 fully saturated rings. The number of amides is 1. The van der Waals surface area contributed by atoms with Crippen LogP contribution >= 0.6 is 11.6 Å². The molecule has 0 unspecified atom stereocenters. The lowest BCUT2D eigenvalue weighted by atomic mass is 9.81. The van der Waals surface area contributed by atoms with E-state index in [0.29, 0.717) is 17.5 Å². The minimum atomic E-state index is 0.155. The molecule has 0 saturated heterocycles. The van der Waals surface area contributed by atoms with Crippen molar-refractivity contribution < 1.29 is 4.79 Å². The molecule has 0 aromatic heterocycles. The minimum absolute atomic E-state index is 0.155. The summed E-state index contributed by atoms with van der Waals surface area (Å²) in [6, 6.07) is 7.59. The van der Waals surface area contributed by atoms with Crippen LogP contribution in [0.3, 0.4) is 0 Å². The van der Waals surface area contributed by atoms with E-state index in [-0.39, 0.29) is 11.8 Å². The molecule has 1 amide bonds. The van der Waals surface area contributed by atoms with Crippen LogP contribution < -0.4 is 11.1 Å². The Labute approximate surface area is 119 Å². The molecule has 0 aliphatic heterocycles. The van der Waals surface area contributed by atoms with Gasteiger partial charge in [0.25, 0.3) is 0 Å². The number of benzene rings is 1. The molecule has 19 heavy (non-hydrogen) atoms. The van der Waals surface area contributed by atoms with Gasteiger partial charge in [0.2, 0.25) is 5.91 Å². The molecule has 3 nitrogen and oxygen atoms in total. The molecule has 1 aromatic carbocycles. The highest BCUT2D eigenvalue weighted by molar-refractivity contribution is 6.30. The Hall–Kier alpha value is -1.06. The first-order valence-corrected chi connectivity index (χ1v) is 7.29. The molecule has 1 aliphatic rings. The maximum atomic E-state index is 12.1. The van der Waals surface area contributed by atoms with Crippen molar-refractivity contribution in [3.8, 4) is 0 Å². The van der Waals surface area contributed by atoms with Crippen LogP contribution in [0.25, 0.3) is 0 Å². The smallest absolute Gasteiger partial charge is 0.223 e. The Morgan fingerprint density at radius 3 is 2.68 bits per heavy atom. The normalized spacial score (nSPS) is 23.1. The highest BCUT2D eigenvalue weighted by atomic mass is 35.5. The van der Waals surface area contributed by atoms with Gasteiger partial charge in [0.05, 0.1) is 0 Å². The Morgan fingerprint density at radius 2 is 2.05 bits per heavy atom. The van der Waals surface area contributed by atoms with Crippen LogP contribution in [0, 0.1) is 11.8 Å². The van der Waals surface area contributed by atoms with E-state index in [0.717, 1.165) is 37.8 Å². The van der Waals surface area contributed by atoms with E-state index in [9.17, 15) is 4.79 Å². The summed E-state index contributed by atoms with van der Waals surface area (Å²) in [4.78, 5) is 12.1. The third kappa shape index (κ3) is 4.22. The van der Waals surface area contributed by atoms with Crippen molar-refractivity contribution >= 4 is 17.5 Å². The van der Waals surface area contributed by atoms with E-state index in [1.807, 2.05) is 24.3 Å². The zero-order valence-corrected chi connectivity index (χ0v) is 11.8. The van der Waals surface area contributed by atoms with Crippen LogP contribution in [0.15, 0.2) is 24.3 Å². The van der Waals surface area contributed by atoms with Gasteiger partial charge in [-0.15, -0.1) is 0 Å². The van der Waals surface area contributed by atoms with Gasteiger partial charge in [-0.2, -0.15) is 0 Å².